The molecule has 11 heteroatoms. The fourth-order valence-corrected chi connectivity index (χ4v) is 4.87. The van der Waals surface area contributed by atoms with Crippen LogP contribution in [0.15, 0.2) is 71.1 Å². The Kier molecular flexibility index (Phi) is 6.35. The van der Waals surface area contributed by atoms with Gasteiger partial charge in [-0.2, -0.15) is 5.21 Å². The first kappa shape index (κ1) is 25.4. The predicted molar refractivity (Wildman–Crippen MR) is 149 cm³/mol. The number of rotatable bonds is 6. The summed E-state index contributed by atoms with van der Waals surface area (Å²) in [6.45, 7) is 3.54. The summed E-state index contributed by atoms with van der Waals surface area (Å²) in [7, 11) is 0. The molecule has 1 atom stereocenters. The van der Waals surface area contributed by atoms with Gasteiger partial charge in [0.1, 0.15) is 11.6 Å². The molecule has 2 aromatic heterocycles. The van der Waals surface area contributed by atoms with Crippen molar-refractivity contribution < 1.29 is 14.0 Å². The Morgan fingerprint density at radius 3 is 2.67 bits per heavy atom. The lowest BCUT2D eigenvalue weighted by Gasteiger charge is -2.28. The van der Waals surface area contributed by atoms with Gasteiger partial charge in [0.2, 0.25) is 23.5 Å². The number of anilines is 1. The van der Waals surface area contributed by atoms with Crippen molar-refractivity contribution in [3.8, 4) is 22.8 Å². The van der Waals surface area contributed by atoms with E-state index < -0.39 is 11.6 Å². The lowest BCUT2D eigenvalue weighted by molar-refractivity contribution is -0.130. The number of para-hydroxylation sites is 1. The zero-order chi connectivity index (χ0) is 27.9. The van der Waals surface area contributed by atoms with Crippen molar-refractivity contribution in [2.75, 3.05) is 4.90 Å². The van der Waals surface area contributed by atoms with E-state index in [9.17, 15) is 9.59 Å². The first-order valence-corrected chi connectivity index (χ1v) is 13.0. The molecule has 0 spiro atoms. The monoisotopic (exact) mass is 536 g/mol. The molecular formula is C29H28N8O3. The highest BCUT2D eigenvalue weighted by molar-refractivity contribution is 6.01. The molecule has 1 aliphatic heterocycles. The van der Waals surface area contributed by atoms with Crippen LogP contribution in [0.5, 0.6) is 0 Å². The number of oxazole rings is 1. The fourth-order valence-electron chi connectivity index (χ4n) is 4.87. The van der Waals surface area contributed by atoms with Crippen molar-refractivity contribution in [2.24, 2.45) is 5.73 Å². The molecule has 202 valence electrons. The van der Waals surface area contributed by atoms with Gasteiger partial charge < -0.3 is 20.4 Å². The number of carbonyl (C=O) groups is 2. The van der Waals surface area contributed by atoms with Gasteiger partial charge in [-0.15, -0.1) is 10.2 Å². The topological polar surface area (TPSA) is 156 Å². The molecule has 0 bridgehead atoms. The average Bonchev–Trinajstić information content (AvgIpc) is 3.61. The van der Waals surface area contributed by atoms with E-state index in [0.29, 0.717) is 42.2 Å². The van der Waals surface area contributed by atoms with E-state index in [-0.39, 0.29) is 11.8 Å². The van der Waals surface area contributed by atoms with E-state index in [2.05, 4.69) is 25.9 Å². The lowest BCUT2D eigenvalue weighted by atomic mass is 10.0. The molecule has 3 aromatic carbocycles. The molecule has 4 N–H and O–H groups in total. The van der Waals surface area contributed by atoms with Gasteiger partial charge in [0.05, 0.1) is 12.1 Å². The standard InChI is InChI=1S/C29H28N8O3/c1-29(2,30)28(39)32-21-13-12-18-7-3-6-10-23(18)37(27(21)38)16-17-11-14-24-22(15-17)31-26(40-24)20-9-5-4-8-19(20)25-33-35-36-34-25/h3-11,14-15,21H,12-13,16,30H2,1-2H3,(H,32,39)(H,33,34,35,36)/t21-/m1/s1. The van der Waals surface area contributed by atoms with E-state index in [0.717, 1.165) is 27.9 Å². The van der Waals surface area contributed by atoms with Gasteiger partial charge in [-0.25, -0.2) is 4.98 Å². The van der Waals surface area contributed by atoms with E-state index in [1.165, 1.54) is 0 Å². The van der Waals surface area contributed by atoms with Crippen LogP contribution in [0.1, 0.15) is 31.4 Å². The Morgan fingerprint density at radius 2 is 1.90 bits per heavy atom. The normalized spacial score (nSPS) is 15.6. The second kappa shape index (κ2) is 10.0. The van der Waals surface area contributed by atoms with Crippen molar-refractivity contribution in [1.29, 1.82) is 0 Å². The molecule has 0 radical (unpaired) electrons. The molecule has 3 heterocycles. The second-order valence-corrected chi connectivity index (χ2v) is 10.4. The number of nitrogens with two attached hydrogens (primary N) is 1. The van der Waals surface area contributed by atoms with Crippen LogP contribution in [-0.2, 0) is 22.6 Å². The lowest BCUT2D eigenvalue weighted by Crippen LogP contribution is -2.56. The smallest absolute Gasteiger partial charge is 0.249 e. The minimum absolute atomic E-state index is 0.183. The number of carbonyl (C=O) groups excluding carboxylic acids is 2. The number of benzene rings is 3. The highest BCUT2D eigenvalue weighted by Gasteiger charge is 2.34. The van der Waals surface area contributed by atoms with Gasteiger partial charge in [-0.05, 0) is 67.3 Å². The summed E-state index contributed by atoms with van der Waals surface area (Å²) in [6, 6.07) is 20.4. The number of aromatic amines is 1. The van der Waals surface area contributed by atoms with Gasteiger partial charge in [0.15, 0.2) is 5.58 Å². The van der Waals surface area contributed by atoms with E-state index in [4.69, 9.17) is 15.1 Å². The van der Waals surface area contributed by atoms with Crippen LogP contribution in [-0.4, -0.2) is 49.0 Å². The molecule has 6 rings (SSSR count). The molecule has 40 heavy (non-hydrogen) atoms. The second-order valence-electron chi connectivity index (χ2n) is 10.4. The number of amides is 2. The summed E-state index contributed by atoms with van der Waals surface area (Å²) in [5, 5.41) is 17.2. The Bertz CT molecular complexity index is 1700. The third-order valence-corrected chi connectivity index (χ3v) is 6.98. The van der Waals surface area contributed by atoms with Crippen LogP contribution in [0.4, 0.5) is 5.69 Å². The van der Waals surface area contributed by atoms with Crippen LogP contribution in [0.25, 0.3) is 33.9 Å². The minimum Gasteiger partial charge on any atom is -0.436 e. The third kappa shape index (κ3) is 4.82. The number of nitrogens with zero attached hydrogens (tertiary/aromatic N) is 5. The van der Waals surface area contributed by atoms with Gasteiger partial charge in [0.25, 0.3) is 0 Å². The highest BCUT2D eigenvalue weighted by atomic mass is 16.3. The summed E-state index contributed by atoms with van der Waals surface area (Å²) >= 11 is 0. The van der Waals surface area contributed by atoms with E-state index in [1.807, 2.05) is 66.7 Å². The van der Waals surface area contributed by atoms with Crippen molar-refractivity contribution in [3.05, 3.63) is 77.9 Å². The van der Waals surface area contributed by atoms with Crippen molar-refractivity contribution >= 4 is 28.6 Å². The van der Waals surface area contributed by atoms with Crippen LogP contribution in [0, 0.1) is 0 Å². The van der Waals surface area contributed by atoms with Gasteiger partial charge in [-0.1, -0.05) is 42.5 Å². The predicted octanol–water partition coefficient (Wildman–Crippen LogP) is 3.38. The summed E-state index contributed by atoms with van der Waals surface area (Å²) in [5.41, 5.74) is 10.4. The molecule has 0 unspecified atom stereocenters. The molecule has 0 saturated carbocycles. The van der Waals surface area contributed by atoms with Gasteiger partial charge in [0, 0.05) is 16.8 Å². The highest BCUT2D eigenvalue weighted by Crippen LogP contribution is 2.33. The van der Waals surface area contributed by atoms with E-state index >= 15 is 0 Å². The Balaban J connectivity index is 1.33. The molecule has 5 aromatic rings. The first-order valence-electron chi connectivity index (χ1n) is 13.0. The molecule has 11 nitrogen and oxygen atoms in total. The summed E-state index contributed by atoms with van der Waals surface area (Å²) < 4.78 is 6.09. The summed E-state index contributed by atoms with van der Waals surface area (Å²) in [4.78, 5) is 32.9. The van der Waals surface area contributed by atoms with Crippen molar-refractivity contribution in [3.63, 3.8) is 0 Å². The number of tetrazole rings is 1. The Hall–Kier alpha value is -4.90. The quantitative estimate of drug-likeness (QED) is 0.298. The number of fused-ring (bicyclic) bond motifs is 2. The number of hydrogen-bond donors (Lipinski definition) is 3. The SMILES string of the molecule is CC(C)(N)C(=O)N[C@@H]1CCc2ccccc2N(Cc2ccc3oc(-c4ccccc4-c4nn[nH]n4)nc3c2)C1=O. The molecule has 0 saturated heterocycles. The summed E-state index contributed by atoms with van der Waals surface area (Å²) in [5.74, 6) is 0.319. The fraction of sp³-hybridized carbons (Fsp3) is 0.241. The van der Waals surface area contributed by atoms with Crippen molar-refractivity contribution in [1.82, 2.24) is 30.9 Å². The van der Waals surface area contributed by atoms with Crippen molar-refractivity contribution in [2.45, 2.75) is 44.8 Å². The maximum absolute atomic E-state index is 13.8. The van der Waals surface area contributed by atoms with Gasteiger partial charge in [-0.3, -0.25) is 9.59 Å². The average molecular weight is 537 g/mol. The third-order valence-electron chi connectivity index (χ3n) is 6.98. The number of aromatic nitrogens is 5. The molecule has 0 fully saturated rings. The van der Waals surface area contributed by atoms with Crippen LogP contribution in [0.2, 0.25) is 0 Å². The maximum atomic E-state index is 13.8. The zero-order valence-corrected chi connectivity index (χ0v) is 22.1. The number of H-pyrrole nitrogens is 1. The molecule has 2 amide bonds. The molecule has 1 aliphatic rings. The maximum Gasteiger partial charge on any atom is 0.249 e. The molecular weight excluding hydrogens is 508 g/mol. The zero-order valence-electron chi connectivity index (χ0n) is 22.1. The molecule has 0 aliphatic carbocycles. The first-order chi connectivity index (χ1) is 19.3. The number of hydrogen-bond acceptors (Lipinski definition) is 8. The van der Waals surface area contributed by atoms with Crippen LogP contribution >= 0.6 is 0 Å². The van der Waals surface area contributed by atoms with E-state index in [1.54, 1.807) is 18.7 Å². The largest absolute Gasteiger partial charge is 0.436 e. The van der Waals surface area contributed by atoms with Gasteiger partial charge >= 0.3 is 0 Å². The van der Waals surface area contributed by atoms with Crippen LogP contribution < -0.4 is 16.0 Å². The number of aryl methyl sites for hydroxylation is 1. The summed E-state index contributed by atoms with van der Waals surface area (Å²) in [6.07, 6.45) is 1.14. The Morgan fingerprint density at radius 1 is 1.12 bits per heavy atom. The number of nitrogens with one attached hydrogen (secondary N) is 2. The van der Waals surface area contributed by atoms with Crippen LogP contribution in [0.3, 0.4) is 0 Å². The Labute approximate surface area is 229 Å². The minimum atomic E-state index is -1.09.